The monoisotopic (exact) mass is 307 g/mol. The van der Waals surface area contributed by atoms with Crippen molar-refractivity contribution in [3.8, 4) is 11.8 Å². The van der Waals surface area contributed by atoms with Crippen LogP contribution in [0.25, 0.3) is 16.5 Å². The van der Waals surface area contributed by atoms with Crippen molar-refractivity contribution in [1.82, 2.24) is 25.6 Å². The summed E-state index contributed by atoms with van der Waals surface area (Å²) in [6.45, 7) is 2.49. The Morgan fingerprint density at radius 3 is 3.09 bits per heavy atom. The number of rotatable bonds is 5. The lowest BCUT2D eigenvalue weighted by molar-refractivity contribution is 0.343. The van der Waals surface area contributed by atoms with Crippen LogP contribution in [0.3, 0.4) is 0 Å². The lowest BCUT2D eigenvalue weighted by Gasteiger charge is -2.10. The Labute approximate surface area is 131 Å². The largest absolute Gasteiger partial charge is 0.492 e. The fourth-order valence-electron chi connectivity index (χ4n) is 2.12. The molecular formula is C15H13N7O. The molecule has 2 aromatic heterocycles. The van der Waals surface area contributed by atoms with Crippen molar-refractivity contribution < 1.29 is 4.74 Å². The molecule has 8 nitrogen and oxygen atoms in total. The summed E-state index contributed by atoms with van der Waals surface area (Å²) in [4.78, 5) is 4.37. The van der Waals surface area contributed by atoms with E-state index in [9.17, 15) is 5.26 Å². The number of nitrogens with zero attached hydrogens (tertiary/aromatic N) is 5. The molecule has 114 valence electrons. The van der Waals surface area contributed by atoms with E-state index in [0.717, 1.165) is 22.3 Å². The van der Waals surface area contributed by atoms with Crippen LogP contribution in [-0.2, 0) is 0 Å². The minimum absolute atomic E-state index is 0.230. The summed E-state index contributed by atoms with van der Waals surface area (Å²) < 4.78 is 5.59. The van der Waals surface area contributed by atoms with Crippen molar-refractivity contribution in [3.05, 3.63) is 42.5 Å². The second-order valence-electron chi connectivity index (χ2n) is 4.49. The number of nitriles is 1. The second-order valence-corrected chi connectivity index (χ2v) is 4.49. The highest BCUT2D eigenvalue weighted by Gasteiger charge is 2.09. The summed E-state index contributed by atoms with van der Waals surface area (Å²) in [7, 11) is 0. The summed E-state index contributed by atoms with van der Waals surface area (Å²) in [6.07, 6.45) is 3.25. The van der Waals surface area contributed by atoms with Gasteiger partial charge in [-0.15, -0.1) is 10.2 Å². The van der Waals surface area contributed by atoms with Gasteiger partial charge >= 0.3 is 0 Å². The molecule has 0 radical (unpaired) electrons. The number of aromatic nitrogens is 5. The van der Waals surface area contributed by atoms with Gasteiger partial charge in [0.1, 0.15) is 22.9 Å². The van der Waals surface area contributed by atoms with Gasteiger partial charge in [-0.1, -0.05) is 0 Å². The van der Waals surface area contributed by atoms with Gasteiger partial charge in [0.15, 0.2) is 0 Å². The first-order chi connectivity index (χ1) is 11.3. The molecule has 23 heavy (non-hydrogen) atoms. The average Bonchev–Trinajstić information content (AvgIpc) is 3.12. The molecule has 3 rings (SSSR count). The third-order valence-electron chi connectivity index (χ3n) is 3.11. The average molecular weight is 307 g/mol. The molecule has 0 bridgehead atoms. The van der Waals surface area contributed by atoms with Crippen molar-refractivity contribution in [1.29, 1.82) is 5.26 Å². The molecule has 0 aliphatic carbocycles. The third kappa shape index (κ3) is 2.94. The van der Waals surface area contributed by atoms with Gasteiger partial charge in [-0.3, -0.25) is 4.98 Å². The van der Waals surface area contributed by atoms with Gasteiger partial charge in [0, 0.05) is 23.5 Å². The van der Waals surface area contributed by atoms with Crippen LogP contribution in [0, 0.1) is 11.3 Å². The number of pyridine rings is 1. The van der Waals surface area contributed by atoms with Crippen molar-refractivity contribution >= 4 is 22.2 Å². The van der Waals surface area contributed by atoms with Gasteiger partial charge in [0.05, 0.1) is 6.61 Å². The fraction of sp³-hybridized carbons (Fsp3) is 0.133. The Morgan fingerprint density at radius 1 is 1.43 bits per heavy atom. The zero-order chi connectivity index (χ0) is 16.1. The Balaban J connectivity index is 1.98. The molecule has 2 heterocycles. The van der Waals surface area contributed by atoms with E-state index in [1.807, 2.05) is 37.3 Å². The SMILES string of the molecule is CCOc1ccc(NC=C(C#N)c2nn[nH]n2)c2cccnc12. The predicted octanol–water partition coefficient (Wildman–Crippen LogP) is 2.12. The number of anilines is 1. The van der Waals surface area contributed by atoms with Crippen LogP contribution in [0.2, 0.25) is 0 Å². The number of hydrogen-bond donors (Lipinski definition) is 2. The van der Waals surface area contributed by atoms with Crippen LogP contribution in [-0.4, -0.2) is 32.2 Å². The lowest BCUT2D eigenvalue weighted by Crippen LogP contribution is -1.97. The molecule has 2 N–H and O–H groups in total. The zero-order valence-corrected chi connectivity index (χ0v) is 12.3. The molecule has 0 fully saturated rings. The van der Waals surface area contributed by atoms with Crippen LogP contribution < -0.4 is 10.1 Å². The normalized spacial score (nSPS) is 11.2. The van der Waals surface area contributed by atoms with Crippen molar-refractivity contribution in [2.45, 2.75) is 6.92 Å². The minimum Gasteiger partial charge on any atom is -0.492 e. The number of allylic oxidation sites excluding steroid dienone is 1. The van der Waals surface area contributed by atoms with Crippen molar-refractivity contribution in [2.75, 3.05) is 11.9 Å². The standard InChI is InChI=1S/C15H13N7O/c1-2-23-13-6-5-12(11-4-3-7-17-14(11)13)18-9-10(8-16)15-19-21-22-20-15/h3-7,9,18H,2H2,1H3,(H,19,20,21,22). The maximum absolute atomic E-state index is 9.19. The van der Waals surface area contributed by atoms with E-state index in [1.54, 1.807) is 6.20 Å². The van der Waals surface area contributed by atoms with E-state index < -0.39 is 0 Å². The molecule has 0 saturated heterocycles. The smallest absolute Gasteiger partial charge is 0.216 e. The summed E-state index contributed by atoms with van der Waals surface area (Å²) >= 11 is 0. The number of ether oxygens (including phenoxy) is 1. The molecular weight excluding hydrogens is 294 g/mol. The molecule has 1 aromatic carbocycles. The van der Waals surface area contributed by atoms with Gasteiger partial charge in [-0.05, 0) is 36.4 Å². The number of tetrazole rings is 1. The molecule has 0 amide bonds. The summed E-state index contributed by atoms with van der Waals surface area (Å²) in [5.74, 6) is 0.949. The highest BCUT2D eigenvalue weighted by molar-refractivity contribution is 5.96. The van der Waals surface area contributed by atoms with Crippen LogP contribution in [0.5, 0.6) is 5.75 Å². The van der Waals surface area contributed by atoms with E-state index in [-0.39, 0.29) is 11.4 Å². The van der Waals surface area contributed by atoms with E-state index >= 15 is 0 Å². The van der Waals surface area contributed by atoms with E-state index in [4.69, 9.17) is 4.74 Å². The molecule has 0 saturated carbocycles. The first kappa shape index (κ1) is 14.5. The summed E-state index contributed by atoms with van der Waals surface area (Å²) in [5.41, 5.74) is 1.82. The molecule has 8 heteroatoms. The molecule has 0 atom stereocenters. The van der Waals surface area contributed by atoms with Crippen LogP contribution in [0.1, 0.15) is 12.7 Å². The topological polar surface area (TPSA) is 112 Å². The number of H-pyrrole nitrogens is 1. The summed E-state index contributed by atoms with van der Waals surface area (Å²) in [5, 5.41) is 26.5. The Kier molecular flexibility index (Phi) is 4.11. The van der Waals surface area contributed by atoms with Crippen molar-refractivity contribution in [2.24, 2.45) is 0 Å². The lowest BCUT2D eigenvalue weighted by atomic mass is 10.1. The maximum Gasteiger partial charge on any atom is 0.216 e. The highest BCUT2D eigenvalue weighted by atomic mass is 16.5. The van der Waals surface area contributed by atoms with Crippen molar-refractivity contribution in [3.63, 3.8) is 0 Å². The molecule has 0 spiro atoms. The highest BCUT2D eigenvalue weighted by Crippen LogP contribution is 2.30. The maximum atomic E-state index is 9.19. The van der Waals surface area contributed by atoms with E-state index in [0.29, 0.717) is 6.61 Å². The fourth-order valence-corrected chi connectivity index (χ4v) is 2.12. The van der Waals surface area contributed by atoms with Gasteiger partial charge in [0.2, 0.25) is 5.82 Å². The third-order valence-corrected chi connectivity index (χ3v) is 3.11. The molecule has 0 unspecified atom stereocenters. The number of hydrogen-bond acceptors (Lipinski definition) is 7. The van der Waals surface area contributed by atoms with Gasteiger partial charge in [0.25, 0.3) is 0 Å². The number of benzene rings is 1. The van der Waals surface area contributed by atoms with Crippen LogP contribution in [0.4, 0.5) is 5.69 Å². The quantitative estimate of drug-likeness (QED) is 0.694. The van der Waals surface area contributed by atoms with Crippen LogP contribution >= 0.6 is 0 Å². The number of fused-ring (bicyclic) bond motifs is 1. The zero-order valence-electron chi connectivity index (χ0n) is 12.3. The Bertz CT molecular complexity index is 880. The minimum atomic E-state index is 0.230. The van der Waals surface area contributed by atoms with E-state index in [1.165, 1.54) is 6.20 Å². The van der Waals surface area contributed by atoms with Gasteiger partial charge in [-0.2, -0.15) is 10.5 Å². The Hall–Kier alpha value is -3.47. The second kappa shape index (κ2) is 6.53. The first-order valence-corrected chi connectivity index (χ1v) is 6.94. The van der Waals surface area contributed by atoms with Gasteiger partial charge in [-0.25, -0.2) is 0 Å². The Morgan fingerprint density at radius 2 is 2.35 bits per heavy atom. The molecule has 0 aliphatic heterocycles. The van der Waals surface area contributed by atoms with Crippen LogP contribution in [0.15, 0.2) is 36.7 Å². The first-order valence-electron chi connectivity index (χ1n) is 6.94. The molecule has 0 aliphatic rings. The number of nitrogens with one attached hydrogen (secondary N) is 2. The summed E-state index contributed by atoms with van der Waals surface area (Å²) in [6, 6.07) is 9.52. The predicted molar refractivity (Wildman–Crippen MR) is 84.3 cm³/mol. The molecule has 3 aromatic rings. The van der Waals surface area contributed by atoms with E-state index in [2.05, 4.69) is 30.9 Å². The number of aromatic amines is 1. The van der Waals surface area contributed by atoms with Gasteiger partial charge < -0.3 is 10.1 Å².